The number of nitrogens with one attached hydrogen (secondary N) is 2. The number of hydrogen-bond donors (Lipinski definition) is 2. The summed E-state index contributed by atoms with van der Waals surface area (Å²) >= 11 is 7.47. The van der Waals surface area contributed by atoms with Crippen LogP contribution in [0.2, 0.25) is 5.02 Å². The molecule has 0 radical (unpaired) electrons. The summed E-state index contributed by atoms with van der Waals surface area (Å²) in [5.41, 5.74) is 2.29. The van der Waals surface area contributed by atoms with Gasteiger partial charge in [-0.15, -0.1) is 11.3 Å². The van der Waals surface area contributed by atoms with Gasteiger partial charge in [0.1, 0.15) is 5.69 Å². The van der Waals surface area contributed by atoms with Crippen molar-refractivity contribution in [2.45, 2.75) is 6.92 Å². The number of aromatic nitrogens is 1. The summed E-state index contributed by atoms with van der Waals surface area (Å²) in [5, 5.41) is 3.47. The lowest BCUT2D eigenvalue weighted by atomic mass is 10.3. The van der Waals surface area contributed by atoms with Crippen molar-refractivity contribution in [2.75, 3.05) is 5.32 Å². The number of halogens is 1. The molecule has 19 heavy (non-hydrogen) atoms. The summed E-state index contributed by atoms with van der Waals surface area (Å²) in [7, 11) is 0. The summed E-state index contributed by atoms with van der Waals surface area (Å²) in [6, 6.07) is 10.9. The van der Waals surface area contributed by atoms with E-state index in [1.807, 2.05) is 19.1 Å². The Morgan fingerprint density at radius 3 is 2.68 bits per heavy atom. The molecule has 0 aliphatic rings. The second kappa shape index (κ2) is 4.72. The number of rotatable bonds is 2. The molecule has 3 aromatic rings. The van der Waals surface area contributed by atoms with E-state index in [2.05, 4.69) is 10.3 Å². The Balaban J connectivity index is 1.83. The fraction of sp³-hybridized carbons (Fsp3) is 0.0714. The molecule has 5 heteroatoms. The van der Waals surface area contributed by atoms with Crippen molar-refractivity contribution in [3.05, 3.63) is 52.0 Å². The van der Waals surface area contributed by atoms with Crippen LogP contribution < -0.4 is 5.32 Å². The van der Waals surface area contributed by atoms with Gasteiger partial charge in [0.2, 0.25) is 0 Å². The maximum absolute atomic E-state index is 12.1. The van der Waals surface area contributed by atoms with Crippen LogP contribution in [0.4, 0.5) is 5.69 Å². The van der Waals surface area contributed by atoms with E-state index in [1.165, 1.54) is 4.88 Å². The van der Waals surface area contributed by atoms with Gasteiger partial charge < -0.3 is 10.3 Å². The van der Waals surface area contributed by atoms with Gasteiger partial charge in [-0.25, -0.2) is 0 Å². The first-order valence-electron chi connectivity index (χ1n) is 5.78. The van der Waals surface area contributed by atoms with E-state index in [4.69, 9.17) is 11.6 Å². The van der Waals surface area contributed by atoms with Crippen LogP contribution in [0.5, 0.6) is 0 Å². The van der Waals surface area contributed by atoms with Crippen molar-refractivity contribution in [1.29, 1.82) is 0 Å². The highest BCUT2D eigenvalue weighted by Crippen LogP contribution is 2.25. The Kier molecular flexibility index (Phi) is 3.05. The summed E-state index contributed by atoms with van der Waals surface area (Å²) in [5.74, 6) is -0.150. The molecule has 0 bridgehead atoms. The smallest absolute Gasteiger partial charge is 0.272 e. The molecule has 0 fully saturated rings. The van der Waals surface area contributed by atoms with E-state index < -0.39 is 0 Å². The summed E-state index contributed by atoms with van der Waals surface area (Å²) in [4.78, 5) is 16.4. The van der Waals surface area contributed by atoms with Crippen LogP contribution in [-0.4, -0.2) is 10.9 Å². The van der Waals surface area contributed by atoms with E-state index in [0.29, 0.717) is 10.7 Å². The zero-order valence-corrected chi connectivity index (χ0v) is 11.7. The van der Waals surface area contributed by atoms with Crippen molar-refractivity contribution in [3.8, 4) is 0 Å². The van der Waals surface area contributed by atoms with Crippen molar-refractivity contribution in [3.63, 3.8) is 0 Å². The molecule has 0 unspecified atom stereocenters. The SMILES string of the molecule is Cc1cc2[nH]c(C(=O)Nc3ccc(Cl)cc3)cc2s1. The molecule has 96 valence electrons. The lowest BCUT2D eigenvalue weighted by molar-refractivity contribution is 0.102. The molecule has 3 rings (SSSR count). The van der Waals surface area contributed by atoms with Gasteiger partial charge in [0.05, 0.1) is 10.2 Å². The van der Waals surface area contributed by atoms with Gasteiger partial charge in [0.25, 0.3) is 5.91 Å². The predicted octanol–water partition coefficient (Wildman–Crippen LogP) is 4.44. The zero-order valence-electron chi connectivity index (χ0n) is 10.2. The average Bonchev–Trinajstić information content (AvgIpc) is 2.89. The number of aromatic amines is 1. The Morgan fingerprint density at radius 2 is 2.00 bits per heavy atom. The highest BCUT2D eigenvalue weighted by Gasteiger charge is 2.11. The van der Waals surface area contributed by atoms with Crippen LogP contribution in [0.15, 0.2) is 36.4 Å². The molecule has 0 saturated carbocycles. The normalized spacial score (nSPS) is 10.8. The maximum Gasteiger partial charge on any atom is 0.272 e. The van der Waals surface area contributed by atoms with Crippen molar-refractivity contribution >= 4 is 44.7 Å². The second-order valence-electron chi connectivity index (χ2n) is 4.28. The third-order valence-electron chi connectivity index (χ3n) is 2.78. The molecule has 1 amide bonds. The lowest BCUT2D eigenvalue weighted by Crippen LogP contribution is -2.11. The van der Waals surface area contributed by atoms with Gasteiger partial charge in [-0.2, -0.15) is 0 Å². The minimum atomic E-state index is -0.150. The van der Waals surface area contributed by atoms with Crippen LogP contribution in [0.3, 0.4) is 0 Å². The number of fused-ring (bicyclic) bond motifs is 1. The zero-order chi connectivity index (χ0) is 13.4. The first-order valence-corrected chi connectivity index (χ1v) is 6.97. The van der Waals surface area contributed by atoms with E-state index in [1.54, 1.807) is 35.6 Å². The molecule has 0 saturated heterocycles. The number of H-pyrrole nitrogens is 1. The van der Waals surface area contributed by atoms with Crippen LogP contribution in [0, 0.1) is 6.92 Å². The maximum atomic E-state index is 12.1. The quantitative estimate of drug-likeness (QED) is 0.720. The first-order chi connectivity index (χ1) is 9.11. The molecule has 2 N–H and O–H groups in total. The molecule has 0 aliphatic carbocycles. The number of carbonyl (C=O) groups excluding carboxylic acids is 1. The molecular formula is C14H11ClN2OS. The van der Waals surface area contributed by atoms with E-state index in [0.717, 1.165) is 15.9 Å². The molecule has 1 aromatic carbocycles. The monoisotopic (exact) mass is 290 g/mol. The fourth-order valence-corrected chi connectivity index (χ4v) is 2.95. The van der Waals surface area contributed by atoms with Gasteiger partial charge in [-0.05, 0) is 43.3 Å². The van der Waals surface area contributed by atoms with Crippen LogP contribution in [0.1, 0.15) is 15.4 Å². The second-order valence-corrected chi connectivity index (χ2v) is 6.00. The van der Waals surface area contributed by atoms with Crippen molar-refractivity contribution in [2.24, 2.45) is 0 Å². The van der Waals surface area contributed by atoms with Crippen molar-refractivity contribution < 1.29 is 4.79 Å². The molecular weight excluding hydrogens is 280 g/mol. The topological polar surface area (TPSA) is 44.9 Å². The van der Waals surface area contributed by atoms with Gasteiger partial charge in [-0.3, -0.25) is 4.79 Å². The standard InChI is InChI=1S/C14H11ClN2OS/c1-8-6-11-13(19-8)7-12(17-11)14(18)16-10-4-2-9(15)3-5-10/h2-7,17H,1H3,(H,16,18). The molecule has 0 atom stereocenters. The van der Waals surface area contributed by atoms with Crippen LogP contribution >= 0.6 is 22.9 Å². The largest absolute Gasteiger partial charge is 0.350 e. The number of benzene rings is 1. The van der Waals surface area contributed by atoms with Crippen LogP contribution in [0.25, 0.3) is 10.2 Å². The Labute approximate surface area is 119 Å². The minimum absolute atomic E-state index is 0.150. The van der Waals surface area contributed by atoms with Gasteiger partial charge in [-0.1, -0.05) is 11.6 Å². The first kappa shape index (κ1) is 12.3. The molecule has 0 spiro atoms. The number of amides is 1. The highest BCUT2D eigenvalue weighted by atomic mass is 35.5. The molecule has 2 heterocycles. The average molecular weight is 291 g/mol. The Hall–Kier alpha value is -1.78. The minimum Gasteiger partial charge on any atom is -0.350 e. The fourth-order valence-electron chi connectivity index (χ4n) is 1.90. The van der Waals surface area contributed by atoms with E-state index >= 15 is 0 Å². The van der Waals surface area contributed by atoms with Crippen LogP contribution in [-0.2, 0) is 0 Å². The molecule has 0 aliphatic heterocycles. The third kappa shape index (κ3) is 2.50. The van der Waals surface area contributed by atoms with Gasteiger partial charge >= 0.3 is 0 Å². The van der Waals surface area contributed by atoms with Gasteiger partial charge in [0, 0.05) is 15.6 Å². The molecule has 2 aromatic heterocycles. The summed E-state index contributed by atoms with van der Waals surface area (Å²) in [6.07, 6.45) is 0. The van der Waals surface area contributed by atoms with E-state index in [9.17, 15) is 4.79 Å². The molecule has 3 nitrogen and oxygen atoms in total. The summed E-state index contributed by atoms with van der Waals surface area (Å²) in [6.45, 7) is 2.05. The Morgan fingerprint density at radius 1 is 1.26 bits per heavy atom. The third-order valence-corrected chi connectivity index (χ3v) is 4.02. The number of aryl methyl sites for hydroxylation is 1. The van der Waals surface area contributed by atoms with Crippen molar-refractivity contribution in [1.82, 2.24) is 4.98 Å². The van der Waals surface area contributed by atoms with Gasteiger partial charge in [0.15, 0.2) is 0 Å². The lowest BCUT2D eigenvalue weighted by Gasteiger charge is -2.03. The highest BCUT2D eigenvalue weighted by molar-refractivity contribution is 7.19. The number of anilines is 1. The summed E-state index contributed by atoms with van der Waals surface area (Å²) < 4.78 is 1.10. The Bertz CT molecular complexity index is 711. The predicted molar refractivity (Wildman–Crippen MR) is 80.3 cm³/mol. The number of carbonyl (C=O) groups is 1. The van der Waals surface area contributed by atoms with E-state index in [-0.39, 0.29) is 5.91 Å². The number of thiophene rings is 1. The number of hydrogen-bond acceptors (Lipinski definition) is 2.